The molecule has 0 radical (unpaired) electrons. The molecule has 2 heterocycles. The van der Waals surface area contributed by atoms with Crippen LogP contribution in [0.1, 0.15) is 23.6 Å². The van der Waals surface area contributed by atoms with Gasteiger partial charge in [0, 0.05) is 36.2 Å². The molecule has 1 aliphatic carbocycles. The van der Waals surface area contributed by atoms with Crippen molar-refractivity contribution in [1.29, 1.82) is 0 Å². The van der Waals surface area contributed by atoms with Crippen LogP contribution in [0, 0.1) is 0 Å². The van der Waals surface area contributed by atoms with Crippen molar-refractivity contribution in [3.05, 3.63) is 173 Å². The summed E-state index contributed by atoms with van der Waals surface area (Å²) in [6, 6.07) is 50.5. The van der Waals surface area contributed by atoms with Crippen LogP contribution < -0.4 is 5.69 Å². The third kappa shape index (κ3) is 4.49. The van der Waals surface area contributed by atoms with Crippen molar-refractivity contribution in [2.75, 3.05) is 0 Å². The van der Waals surface area contributed by atoms with Gasteiger partial charge in [-0.3, -0.25) is 9.13 Å². The molecule has 0 amide bonds. The van der Waals surface area contributed by atoms with E-state index in [-0.39, 0.29) is 11.1 Å². The van der Waals surface area contributed by atoms with Gasteiger partial charge in [0.15, 0.2) is 17.5 Å². The molecule has 0 N–H and O–H groups in total. The summed E-state index contributed by atoms with van der Waals surface area (Å²) in [6.45, 7) is 2.32. The molecule has 1 aliphatic rings. The van der Waals surface area contributed by atoms with Gasteiger partial charge >= 0.3 is 5.69 Å². The van der Waals surface area contributed by atoms with E-state index in [1.54, 1.807) is 16.2 Å². The lowest BCUT2D eigenvalue weighted by Crippen LogP contribution is -2.22. The van der Waals surface area contributed by atoms with E-state index in [4.69, 9.17) is 15.0 Å². The van der Waals surface area contributed by atoms with Crippen LogP contribution in [0.2, 0.25) is 0 Å². The molecule has 1 atom stereocenters. The fraction of sp³-hybridized carbons (Fsp3) is 0.0909. The Morgan fingerprint density at radius 2 is 1.02 bits per heavy atom. The van der Waals surface area contributed by atoms with Gasteiger partial charge in [-0.05, 0) is 58.0 Å². The first-order valence-electron chi connectivity index (χ1n) is 16.8. The highest BCUT2D eigenvalue weighted by Gasteiger charge is 2.42. The minimum Gasteiger partial charge on any atom is -0.295 e. The van der Waals surface area contributed by atoms with E-state index in [9.17, 15) is 4.79 Å². The van der Waals surface area contributed by atoms with Gasteiger partial charge in [0.25, 0.3) is 0 Å². The summed E-state index contributed by atoms with van der Waals surface area (Å²) in [5.74, 6) is 1.87. The van der Waals surface area contributed by atoms with E-state index in [0.29, 0.717) is 17.5 Å². The van der Waals surface area contributed by atoms with Crippen molar-refractivity contribution in [2.24, 2.45) is 14.1 Å². The topological polar surface area (TPSA) is 65.6 Å². The zero-order valence-corrected chi connectivity index (χ0v) is 28.0. The molecule has 1 unspecified atom stereocenters. The molecule has 0 saturated carbocycles. The van der Waals surface area contributed by atoms with Crippen molar-refractivity contribution in [3.8, 4) is 56.4 Å². The molecule has 0 saturated heterocycles. The summed E-state index contributed by atoms with van der Waals surface area (Å²) in [5, 5.41) is 0. The fourth-order valence-electron chi connectivity index (χ4n) is 7.65. The SMILES string of the molecule is Cn1c(=O)n(C)c2cc(-c3ccc(-c4nc(-c5ccccc5)nc(-c5cccc6c5-c5ccccc5C6(C)c5ccccc5)n4)cc3)ccc21. The molecule has 6 heteroatoms. The summed E-state index contributed by atoms with van der Waals surface area (Å²) in [4.78, 5) is 27.8. The molecule has 6 aromatic carbocycles. The number of rotatable bonds is 5. The maximum Gasteiger partial charge on any atom is 0.328 e. The van der Waals surface area contributed by atoms with E-state index < -0.39 is 0 Å². The predicted octanol–water partition coefficient (Wildman–Crippen LogP) is 9.06. The Kier molecular flexibility index (Phi) is 6.74. The van der Waals surface area contributed by atoms with Gasteiger partial charge in [0.1, 0.15) is 0 Å². The molecule has 240 valence electrons. The lowest BCUT2D eigenvalue weighted by molar-refractivity contribution is 0.714. The number of aryl methyl sites for hydroxylation is 2. The normalized spacial score (nSPS) is 14.9. The minimum atomic E-state index is -0.327. The van der Waals surface area contributed by atoms with Gasteiger partial charge in [-0.1, -0.05) is 133 Å². The zero-order chi connectivity index (χ0) is 34.0. The third-order valence-electron chi connectivity index (χ3n) is 10.3. The van der Waals surface area contributed by atoms with Crippen molar-refractivity contribution in [3.63, 3.8) is 0 Å². The number of benzene rings is 6. The number of aromatic nitrogens is 5. The van der Waals surface area contributed by atoms with Gasteiger partial charge < -0.3 is 0 Å². The van der Waals surface area contributed by atoms with Crippen molar-refractivity contribution < 1.29 is 0 Å². The molecular formula is C44H33N5O. The highest BCUT2D eigenvalue weighted by molar-refractivity contribution is 5.93. The zero-order valence-electron chi connectivity index (χ0n) is 28.0. The summed E-state index contributed by atoms with van der Waals surface area (Å²) < 4.78 is 3.36. The number of fused-ring (bicyclic) bond motifs is 4. The highest BCUT2D eigenvalue weighted by atomic mass is 16.1. The van der Waals surface area contributed by atoms with Crippen LogP contribution in [0.4, 0.5) is 0 Å². The van der Waals surface area contributed by atoms with Crippen LogP contribution in [0.15, 0.2) is 150 Å². The van der Waals surface area contributed by atoms with Crippen molar-refractivity contribution in [2.45, 2.75) is 12.3 Å². The minimum absolute atomic E-state index is 0.0374. The molecular weight excluding hydrogens is 615 g/mol. The molecule has 50 heavy (non-hydrogen) atoms. The van der Waals surface area contributed by atoms with Gasteiger partial charge in [-0.15, -0.1) is 0 Å². The largest absolute Gasteiger partial charge is 0.328 e. The molecule has 2 aromatic heterocycles. The van der Waals surface area contributed by atoms with E-state index >= 15 is 0 Å². The Labute approximate surface area is 290 Å². The van der Waals surface area contributed by atoms with Crippen LogP contribution in [0.5, 0.6) is 0 Å². The lowest BCUT2D eigenvalue weighted by Gasteiger charge is -2.28. The van der Waals surface area contributed by atoms with Crippen LogP contribution in [0.3, 0.4) is 0 Å². The Morgan fingerprint density at radius 1 is 0.480 bits per heavy atom. The van der Waals surface area contributed by atoms with Gasteiger partial charge in [0.05, 0.1) is 11.0 Å². The summed E-state index contributed by atoms with van der Waals surface area (Å²) >= 11 is 0. The molecule has 8 aromatic rings. The van der Waals surface area contributed by atoms with Crippen LogP contribution in [0.25, 0.3) is 67.5 Å². The van der Waals surface area contributed by atoms with E-state index in [2.05, 4.69) is 116 Å². The third-order valence-corrected chi connectivity index (χ3v) is 10.3. The Balaban J connectivity index is 1.20. The number of imidazole rings is 1. The quantitative estimate of drug-likeness (QED) is 0.187. The Hall–Kier alpha value is -6.40. The average molecular weight is 648 g/mol. The van der Waals surface area contributed by atoms with E-state index in [1.807, 2.05) is 43.4 Å². The van der Waals surface area contributed by atoms with Crippen molar-refractivity contribution in [1.82, 2.24) is 24.1 Å². The van der Waals surface area contributed by atoms with Crippen LogP contribution in [-0.2, 0) is 19.5 Å². The fourth-order valence-corrected chi connectivity index (χ4v) is 7.65. The Bertz CT molecular complexity index is 2640. The maximum absolute atomic E-state index is 12.5. The highest BCUT2D eigenvalue weighted by Crippen LogP contribution is 2.54. The number of nitrogens with zero attached hydrogens (tertiary/aromatic N) is 5. The first kappa shape index (κ1) is 29.7. The smallest absolute Gasteiger partial charge is 0.295 e. The van der Waals surface area contributed by atoms with Gasteiger partial charge in [-0.2, -0.15) is 0 Å². The summed E-state index contributed by atoms with van der Waals surface area (Å²) in [5.41, 5.74) is 12.4. The first-order valence-corrected chi connectivity index (χ1v) is 16.8. The lowest BCUT2D eigenvalue weighted by atomic mass is 9.74. The Morgan fingerprint density at radius 3 is 1.76 bits per heavy atom. The van der Waals surface area contributed by atoms with E-state index in [1.165, 1.54) is 22.3 Å². The number of hydrogen-bond donors (Lipinski definition) is 0. The molecule has 0 bridgehead atoms. The van der Waals surface area contributed by atoms with Crippen molar-refractivity contribution >= 4 is 11.0 Å². The van der Waals surface area contributed by atoms with Gasteiger partial charge in [0.2, 0.25) is 0 Å². The average Bonchev–Trinajstić information content (AvgIpc) is 3.58. The van der Waals surface area contributed by atoms with E-state index in [0.717, 1.165) is 44.4 Å². The molecule has 0 spiro atoms. The second kappa shape index (κ2) is 11.3. The first-order chi connectivity index (χ1) is 24.4. The molecule has 9 rings (SSSR count). The predicted molar refractivity (Wildman–Crippen MR) is 201 cm³/mol. The second-order valence-corrected chi connectivity index (χ2v) is 13.1. The summed E-state index contributed by atoms with van der Waals surface area (Å²) in [6.07, 6.45) is 0. The van der Waals surface area contributed by atoms with Gasteiger partial charge in [-0.25, -0.2) is 19.7 Å². The molecule has 6 nitrogen and oxygen atoms in total. The van der Waals surface area contributed by atoms with Crippen LogP contribution >= 0.6 is 0 Å². The van der Waals surface area contributed by atoms with Crippen LogP contribution in [-0.4, -0.2) is 24.1 Å². The second-order valence-electron chi connectivity index (χ2n) is 13.1. The maximum atomic E-state index is 12.5. The molecule has 0 aliphatic heterocycles. The summed E-state index contributed by atoms with van der Waals surface area (Å²) in [7, 11) is 3.61. The molecule has 0 fully saturated rings. The standard InChI is InChI=1S/C44H33N5O/c1-44(32-15-8-5-9-16-32)35-19-11-10-17-33(35)39-34(18-12-20-36(39)44)42-46-40(29-13-6-4-7-14-29)45-41(47-42)30-23-21-28(22-24-30)31-25-26-37-38(27-31)49(3)43(50)48(37)2/h4-27H,1-3H3. The number of hydrogen-bond acceptors (Lipinski definition) is 4. The monoisotopic (exact) mass is 647 g/mol.